The molecule has 11 heteroatoms. The topological polar surface area (TPSA) is 161 Å². The lowest BCUT2D eigenvalue weighted by molar-refractivity contribution is 0.0634. The Morgan fingerprint density at radius 1 is 0.767 bits per heavy atom. The molecule has 4 unspecified atom stereocenters. The molecule has 4 aliphatic heterocycles. The van der Waals surface area contributed by atoms with Crippen LogP contribution in [0.15, 0.2) is 77.9 Å². The molecule has 0 saturated carbocycles. The first kappa shape index (κ1) is 40.4. The molecule has 0 aromatic heterocycles. The normalized spacial score (nSPS) is 22.4. The maximum atomic E-state index is 13.7. The van der Waals surface area contributed by atoms with Gasteiger partial charge in [-0.2, -0.15) is 0 Å². The summed E-state index contributed by atoms with van der Waals surface area (Å²) in [6.07, 6.45) is 9.54. The van der Waals surface area contributed by atoms with Crippen LogP contribution in [0.25, 0.3) is 6.08 Å². The Morgan fingerprint density at radius 3 is 2.12 bits per heavy atom. The molecule has 4 aromatic carbocycles. The van der Waals surface area contributed by atoms with E-state index in [9.17, 15) is 30.0 Å². The first-order valence-electron chi connectivity index (χ1n) is 20.4. The lowest BCUT2D eigenvalue weighted by Crippen LogP contribution is -2.36. The van der Waals surface area contributed by atoms with Crippen molar-refractivity contribution in [2.45, 2.75) is 110 Å². The van der Waals surface area contributed by atoms with Crippen LogP contribution in [0.1, 0.15) is 135 Å². The fourth-order valence-electron chi connectivity index (χ4n) is 8.38. The van der Waals surface area contributed by atoms with E-state index in [1.807, 2.05) is 53.7 Å². The average molecular weight is 815 g/mol. The molecule has 8 rings (SSSR count). The van der Waals surface area contributed by atoms with Crippen molar-refractivity contribution >= 4 is 17.6 Å². The van der Waals surface area contributed by atoms with Gasteiger partial charge in [-0.25, -0.2) is 0 Å². The van der Waals surface area contributed by atoms with E-state index >= 15 is 0 Å². The minimum atomic E-state index is -0.890. The zero-order valence-corrected chi connectivity index (χ0v) is 34.7. The maximum absolute atomic E-state index is 13.7. The van der Waals surface area contributed by atoms with Crippen LogP contribution in [0.5, 0.6) is 57.5 Å². The van der Waals surface area contributed by atoms with Gasteiger partial charge in [0.2, 0.25) is 0 Å². The Morgan fingerprint density at radius 2 is 1.42 bits per heavy atom. The van der Waals surface area contributed by atoms with Crippen molar-refractivity contribution in [3.63, 3.8) is 0 Å². The molecule has 60 heavy (non-hydrogen) atoms. The minimum Gasteiger partial charge on any atom is -0.508 e. The van der Waals surface area contributed by atoms with E-state index in [4.69, 9.17) is 23.7 Å². The zero-order chi connectivity index (χ0) is 42.7. The predicted octanol–water partition coefficient (Wildman–Crippen LogP) is 11.1. The highest BCUT2D eigenvalue weighted by Crippen LogP contribution is 2.52. The Kier molecular flexibility index (Phi) is 10.3. The second-order valence-corrected chi connectivity index (χ2v) is 17.2. The first-order valence-corrected chi connectivity index (χ1v) is 20.4. The summed E-state index contributed by atoms with van der Waals surface area (Å²) < 4.78 is 32.0. The van der Waals surface area contributed by atoms with Crippen molar-refractivity contribution < 1.29 is 53.7 Å². The summed E-state index contributed by atoms with van der Waals surface area (Å²) in [5.74, 6) is 0.287. The van der Waals surface area contributed by atoms with Crippen molar-refractivity contribution in [1.82, 2.24) is 0 Å². The number of phenols is 4. The molecule has 4 atom stereocenters. The fourth-order valence-corrected chi connectivity index (χ4v) is 8.38. The highest BCUT2D eigenvalue weighted by molar-refractivity contribution is 6.05. The number of carbonyl (C=O) groups is 2. The van der Waals surface area contributed by atoms with E-state index in [0.717, 1.165) is 6.42 Å². The van der Waals surface area contributed by atoms with Crippen LogP contribution >= 0.6 is 0 Å². The second kappa shape index (κ2) is 15.3. The lowest BCUT2D eigenvalue weighted by atomic mass is 9.86. The second-order valence-electron chi connectivity index (χ2n) is 17.2. The number of phenolic OH excluding ortho intramolecular Hbond substituents is 4. The van der Waals surface area contributed by atoms with Crippen LogP contribution in [0, 0.1) is 0 Å². The van der Waals surface area contributed by atoms with Crippen LogP contribution < -0.4 is 23.7 Å². The largest absolute Gasteiger partial charge is 0.508 e. The molecular weight excluding hydrogens is 765 g/mol. The number of ether oxygens (including phenoxy) is 5. The third-order valence-corrected chi connectivity index (χ3v) is 11.7. The summed E-state index contributed by atoms with van der Waals surface area (Å²) in [6.45, 7) is 12.1. The fraction of sp³-hybridized carbons (Fsp3) is 0.347. The molecule has 11 nitrogen and oxygen atoms in total. The standard InChI is InChI=1S/C49H50O11/c1-26(2)8-7-16-48(5)18-14-32-42(59-48)24-37(54)44-35(52)22-40(57-46(32)44)30-12-10-29(21-34(30)51)56-39-20-28(50)9-11-31(39)41-23-36(53)45-38(55)25-43-33(47(45)58-41)15-19-49(6,60-43)17-13-27(3)4/h8-14,18,20-21,24-25,40-41,50-51,54-55H,7,15-17,19,22-23H2,1-6H3. The van der Waals surface area contributed by atoms with Crippen molar-refractivity contribution in [1.29, 1.82) is 0 Å². The van der Waals surface area contributed by atoms with E-state index in [2.05, 4.69) is 12.2 Å². The van der Waals surface area contributed by atoms with Gasteiger partial charge in [-0.1, -0.05) is 23.3 Å². The number of rotatable bonds is 9. The molecule has 0 spiro atoms. The average Bonchev–Trinajstić information content (AvgIpc) is 3.16. The van der Waals surface area contributed by atoms with Gasteiger partial charge in [-0.05, 0) is 104 Å². The van der Waals surface area contributed by atoms with Gasteiger partial charge in [-0.15, -0.1) is 0 Å². The summed E-state index contributed by atoms with van der Waals surface area (Å²) in [5, 5.41) is 43.9. The number of fused-ring (bicyclic) bond motifs is 6. The van der Waals surface area contributed by atoms with Crippen LogP contribution in [0.2, 0.25) is 0 Å². The molecule has 4 N–H and O–H groups in total. The van der Waals surface area contributed by atoms with E-state index in [0.29, 0.717) is 59.4 Å². The van der Waals surface area contributed by atoms with Gasteiger partial charge in [0.1, 0.15) is 92.0 Å². The molecular formula is C49H50O11. The Labute approximate surface area is 349 Å². The predicted molar refractivity (Wildman–Crippen MR) is 225 cm³/mol. The van der Waals surface area contributed by atoms with Crippen LogP contribution in [-0.4, -0.2) is 43.2 Å². The molecule has 0 bridgehead atoms. The quantitative estimate of drug-likeness (QED) is 0.119. The van der Waals surface area contributed by atoms with Gasteiger partial charge in [0.15, 0.2) is 11.6 Å². The number of ketones is 2. The van der Waals surface area contributed by atoms with Crippen LogP contribution in [0.4, 0.5) is 0 Å². The van der Waals surface area contributed by atoms with Crippen molar-refractivity contribution in [3.8, 4) is 57.5 Å². The molecule has 0 saturated heterocycles. The number of carbonyl (C=O) groups excluding carboxylic acids is 2. The smallest absolute Gasteiger partial charge is 0.174 e. The van der Waals surface area contributed by atoms with Gasteiger partial charge >= 0.3 is 0 Å². The number of allylic oxidation sites excluding steroid dienone is 3. The highest BCUT2D eigenvalue weighted by atomic mass is 16.5. The summed E-state index contributed by atoms with van der Waals surface area (Å²) in [4.78, 5) is 27.2. The molecule has 4 aliphatic rings. The lowest BCUT2D eigenvalue weighted by Gasteiger charge is -2.38. The molecule has 0 aliphatic carbocycles. The van der Waals surface area contributed by atoms with Gasteiger partial charge in [0.25, 0.3) is 0 Å². The van der Waals surface area contributed by atoms with E-state index in [1.165, 1.54) is 41.5 Å². The first-order chi connectivity index (χ1) is 28.5. The molecule has 0 radical (unpaired) electrons. The highest BCUT2D eigenvalue weighted by Gasteiger charge is 2.40. The van der Waals surface area contributed by atoms with Crippen molar-refractivity contribution in [2.24, 2.45) is 0 Å². The number of benzene rings is 4. The number of Topliss-reactive ketones (excluding diaryl/α,β-unsaturated/α-hetero) is 2. The Balaban J connectivity index is 1.04. The molecule has 312 valence electrons. The van der Waals surface area contributed by atoms with E-state index < -0.39 is 23.4 Å². The van der Waals surface area contributed by atoms with E-state index in [1.54, 1.807) is 18.2 Å². The molecule has 4 heterocycles. The monoisotopic (exact) mass is 814 g/mol. The summed E-state index contributed by atoms with van der Waals surface area (Å²) in [6, 6.07) is 12.0. The summed E-state index contributed by atoms with van der Waals surface area (Å²) in [5.41, 5.74) is 3.47. The van der Waals surface area contributed by atoms with Crippen LogP contribution in [-0.2, 0) is 6.42 Å². The molecule has 0 amide bonds. The molecule has 4 aromatic rings. The Bertz CT molecular complexity index is 2520. The maximum Gasteiger partial charge on any atom is 0.174 e. The van der Waals surface area contributed by atoms with Gasteiger partial charge in [-0.3, -0.25) is 9.59 Å². The SMILES string of the molecule is CC(C)=CCCC1(C)C=Cc2c(cc(O)c3c2OC(c2ccc(Oc4cc(O)ccc4C4CC(=O)c5c(O)cc6c(c5O4)CCC(C)(CC=C(C)C)O6)cc2O)CC3=O)O1. The van der Waals surface area contributed by atoms with Crippen molar-refractivity contribution in [3.05, 3.63) is 111 Å². The number of hydrogen-bond acceptors (Lipinski definition) is 11. The van der Waals surface area contributed by atoms with E-state index in [-0.39, 0.29) is 81.5 Å². The number of hydrogen-bond donors (Lipinski definition) is 4. The minimum absolute atomic E-state index is 0.0643. The number of aromatic hydroxyl groups is 4. The summed E-state index contributed by atoms with van der Waals surface area (Å²) in [7, 11) is 0. The third kappa shape index (κ3) is 7.76. The van der Waals surface area contributed by atoms with Gasteiger partial charge in [0.05, 0.1) is 18.4 Å². The van der Waals surface area contributed by atoms with Gasteiger partial charge < -0.3 is 44.1 Å². The van der Waals surface area contributed by atoms with Gasteiger partial charge in [0, 0.05) is 47.4 Å². The Hall–Kier alpha value is -6.36. The molecule has 0 fully saturated rings. The zero-order valence-electron chi connectivity index (χ0n) is 34.7. The van der Waals surface area contributed by atoms with Crippen molar-refractivity contribution in [2.75, 3.05) is 0 Å². The summed E-state index contributed by atoms with van der Waals surface area (Å²) >= 11 is 0. The van der Waals surface area contributed by atoms with Crippen LogP contribution in [0.3, 0.4) is 0 Å². The third-order valence-electron chi connectivity index (χ3n) is 11.7.